The summed E-state index contributed by atoms with van der Waals surface area (Å²) < 4.78 is 32.9. The monoisotopic (exact) mass is 428 g/mol. The van der Waals surface area contributed by atoms with Gasteiger partial charge in [0.1, 0.15) is 0 Å². The molecule has 1 saturated heterocycles. The highest BCUT2D eigenvalue weighted by atomic mass is 32.2. The van der Waals surface area contributed by atoms with Crippen molar-refractivity contribution < 1.29 is 17.8 Å². The number of nitrogens with zero attached hydrogens (tertiary/aromatic N) is 4. The molecular weight excluding hydrogens is 408 g/mol. The van der Waals surface area contributed by atoms with Crippen molar-refractivity contribution in [2.75, 3.05) is 13.1 Å². The Balaban J connectivity index is 1.44. The molecule has 0 radical (unpaired) electrons. The van der Waals surface area contributed by atoms with Crippen molar-refractivity contribution in [3.05, 3.63) is 70.1 Å². The second kappa shape index (κ2) is 7.96. The minimum atomic E-state index is -3.71. The Morgan fingerprint density at radius 1 is 1.10 bits per heavy atom. The van der Waals surface area contributed by atoms with Gasteiger partial charge in [-0.3, -0.25) is 10.1 Å². The van der Waals surface area contributed by atoms with Crippen LogP contribution in [0.2, 0.25) is 0 Å². The standard InChI is InChI=1S/C20H20N4O5S/c1-14-3-2-4-16(13-14)20-22-21-19(29-20)15-9-11-23(12-10-15)30(27,28)18-7-5-17(6-8-18)24(25)26/h2-8,13,15H,9-12H2,1H3. The Labute approximate surface area is 173 Å². The van der Waals surface area contributed by atoms with E-state index < -0.39 is 14.9 Å². The van der Waals surface area contributed by atoms with Gasteiger partial charge in [-0.1, -0.05) is 17.7 Å². The van der Waals surface area contributed by atoms with Gasteiger partial charge in [-0.25, -0.2) is 8.42 Å². The van der Waals surface area contributed by atoms with Crippen molar-refractivity contribution in [2.24, 2.45) is 0 Å². The first-order valence-corrected chi connectivity index (χ1v) is 10.9. The predicted molar refractivity (Wildman–Crippen MR) is 108 cm³/mol. The molecule has 0 saturated carbocycles. The first-order chi connectivity index (χ1) is 14.3. The Bertz CT molecular complexity index is 1170. The van der Waals surface area contributed by atoms with Crippen LogP contribution < -0.4 is 0 Å². The molecule has 2 aromatic carbocycles. The van der Waals surface area contributed by atoms with Crippen LogP contribution in [-0.4, -0.2) is 40.9 Å². The number of hydrogen-bond acceptors (Lipinski definition) is 7. The summed E-state index contributed by atoms with van der Waals surface area (Å²) in [5.41, 5.74) is 1.80. The van der Waals surface area contributed by atoms with Gasteiger partial charge in [-0.15, -0.1) is 10.2 Å². The van der Waals surface area contributed by atoms with E-state index in [1.165, 1.54) is 28.6 Å². The van der Waals surface area contributed by atoms with Gasteiger partial charge in [-0.05, 0) is 44.0 Å². The van der Waals surface area contributed by atoms with Crippen LogP contribution in [0.5, 0.6) is 0 Å². The van der Waals surface area contributed by atoms with E-state index in [1.54, 1.807) is 0 Å². The lowest BCUT2D eigenvalue weighted by Gasteiger charge is -2.29. The Morgan fingerprint density at radius 3 is 2.43 bits per heavy atom. The Kier molecular flexibility index (Phi) is 5.35. The SMILES string of the molecule is Cc1cccc(-c2nnc(C3CCN(S(=O)(=O)c4ccc([N+](=O)[O-])cc4)CC3)o2)c1. The average molecular weight is 428 g/mol. The zero-order valence-corrected chi connectivity index (χ0v) is 17.1. The third-order valence-corrected chi connectivity index (χ3v) is 7.11. The molecule has 3 aromatic rings. The molecule has 30 heavy (non-hydrogen) atoms. The molecule has 1 aliphatic heterocycles. The summed E-state index contributed by atoms with van der Waals surface area (Å²) in [5, 5.41) is 19.1. The molecule has 4 rings (SSSR count). The van der Waals surface area contributed by atoms with Crippen molar-refractivity contribution in [2.45, 2.75) is 30.6 Å². The summed E-state index contributed by atoms with van der Waals surface area (Å²) in [5.74, 6) is 0.952. The normalized spacial score (nSPS) is 15.9. The average Bonchev–Trinajstić information content (AvgIpc) is 3.24. The summed E-state index contributed by atoms with van der Waals surface area (Å²) in [4.78, 5) is 10.3. The summed E-state index contributed by atoms with van der Waals surface area (Å²) in [6.07, 6.45) is 1.11. The topological polar surface area (TPSA) is 119 Å². The quantitative estimate of drug-likeness (QED) is 0.450. The lowest BCUT2D eigenvalue weighted by Crippen LogP contribution is -2.37. The maximum absolute atomic E-state index is 12.8. The molecule has 0 aliphatic carbocycles. The van der Waals surface area contributed by atoms with Crippen LogP contribution in [-0.2, 0) is 10.0 Å². The fraction of sp³-hybridized carbons (Fsp3) is 0.300. The summed E-state index contributed by atoms with van der Waals surface area (Å²) >= 11 is 0. The minimum Gasteiger partial charge on any atom is -0.420 e. The Morgan fingerprint density at radius 2 is 1.80 bits per heavy atom. The number of benzene rings is 2. The second-order valence-electron chi connectivity index (χ2n) is 7.24. The molecule has 1 aromatic heterocycles. The van der Waals surface area contributed by atoms with Crippen molar-refractivity contribution in [3.8, 4) is 11.5 Å². The van der Waals surface area contributed by atoms with Crippen LogP contribution in [0.25, 0.3) is 11.5 Å². The van der Waals surface area contributed by atoms with E-state index in [1.807, 2.05) is 31.2 Å². The molecule has 0 amide bonds. The number of nitro groups is 1. The van der Waals surface area contributed by atoms with E-state index in [2.05, 4.69) is 10.2 Å². The number of aryl methyl sites for hydroxylation is 1. The van der Waals surface area contributed by atoms with Crippen LogP contribution in [0, 0.1) is 17.0 Å². The van der Waals surface area contributed by atoms with E-state index >= 15 is 0 Å². The molecule has 0 spiro atoms. The number of aromatic nitrogens is 2. The zero-order chi connectivity index (χ0) is 21.3. The molecule has 0 atom stereocenters. The smallest absolute Gasteiger partial charge is 0.269 e. The highest BCUT2D eigenvalue weighted by molar-refractivity contribution is 7.89. The van der Waals surface area contributed by atoms with E-state index in [4.69, 9.17) is 4.42 Å². The van der Waals surface area contributed by atoms with Crippen LogP contribution in [0.3, 0.4) is 0 Å². The van der Waals surface area contributed by atoms with E-state index in [9.17, 15) is 18.5 Å². The fourth-order valence-corrected chi connectivity index (χ4v) is 5.00. The maximum Gasteiger partial charge on any atom is 0.269 e. The number of non-ortho nitro benzene ring substituents is 1. The molecule has 2 heterocycles. The van der Waals surface area contributed by atoms with E-state index in [0.29, 0.717) is 37.7 Å². The van der Waals surface area contributed by atoms with Gasteiger partial charge in [0.15, 0.2) is 0 Å². The number of nitro benzene ring substituents is 1. The number of hydrogen-bond donors (Lipinski definition) is 0. The zero-order valence-electron chi connectivity index (χ0n) is 16.3. The third-order valence-electron chi connectivity index (χ3n) is 5.19. The number of piperidine rings is 1. The van der Waals surface area contributed by atoms with Crippen LogP contribution in [0.15, 0.2) is 57.8 Å². The van der Waals surface area contributed by atoms with E-state index in [-0.39, 0.29) is 16.5 Å². The highest BCUT2D eigenvalue weighted by Gasteiger charge is 2.32. The summed E-state index contributed by atoms with van der Waals surface area (Å²) in [7, 11) is -3.71. The lowest BCUT2D eigenvalue weighted by molar-refractivity contribution is -0.384. The maximum atomic E-state index is 12.8. The van der Waals surface area contributed by atoms with E-state index in [0.717, 1.165) is 11.1 Å². The number of rotatable bonds is 5. The molecule has 156 valence electrons. The van der Waals surface area contributed by atoms with Crippen molar-refractivity contribution in [3.63, 3.8) is 0 Å². The summed E-state index contributed by atoms with van der Waals surface area (Å²) in [6.45, 7) is 2.61. The van der Waals surface area contributed by atoms with Gasteiger partial charge in [0, 0.05) is 36.7 Å². The molecule has 0 unspecified atom stereocenters. The van der Waals surface area contributed by atoms with Crippen molar-refractivity contribution in [1.82, 2.24) is 14.5 Å². The fourth-order valence-electron chi connectivity index (χ4n) is 3.53. The molecular formula is C20H20N4O5S. The third kappa shape index (κ3) is 3.96. The van der Waals surface area contributed by atoms with Crippen molar-refractivity contribution >= 4 is 15.7 Å². The summed E-state index contributed by atoms with van der Waals surface area (Å²) in [6, 6.07) is 12.7. The number of sulfonamides is 1. The minimum absolute atomic E-state index is 0.0145. The molecule has 10 heteroatoms. The molecule has 0 bridgehead atoms. The first-order valence-electron chi connectivity index (χ1n) is 9.49. The van der Waals surface area contributed by atoms with Gasteiger partial charge >= 0.3 is 0 Å². The predicted octanol–water partition coefficient (Wildman–Crippen LogP) is 3.52. The van der Waals surface area contributed by atoms with Gasteiger partial charge in [0.25, 0.3) is 5.69 Å². The highest BCUT2D eigenvalue weighted by Crippen LogP contribution is 2.32. The van der Waals surface area contributed by atoms with Gasteiger partial charge in [0.05, 0.1) is 9.82 Å². The molecule has 0 N–H and O–H groups in total. The van der Waals surface area contributed by atoms with Crippen LogP contribution >= 0.6 is 0 Å². The Hall–Kier alpha value is -3.11. The van der Waals surface area contributed by atoms with Gasteiger partial charge in [0.2, 0.25) is 21.8 Å². The van der Waals surface area contributed by atoms with Crippen LogP contribution in [0.1, 0.15) is 30.2 Å². The molecule has 9 nitrogen and oxygen atoms in total. The molecule has 1 fully saturated rings. The molecule has 1 aliphatic rings. The lowest BCUT2D eigenvalue weighted by atomic mass is 9.98. The van der Waals surface area contributed by atoms with Crippen LogP contribution in [0.4, 0.5) is 5.69 Å². The largest absolute Gasteiger partial charge is 0.420 e. The van der Waals surface area contributed by atoms with Crippen molar-refractivity contribution in [1.29, 1.82) is 0 Å². The second-order valence-corrected chi connectivity index (χ2v) is 9.18. The van der Waals surface area contributed by atoms with Gasteiger partial charge < -0.3 is 4.42 Å². The van der Waals surface area contributed by atoms with Gasteiger partial charge in [-0.2, -0.15) is 4.31 Å². The first kappa shape index (κ1) is 20.2.